The van der Waals surface area contributed by atoms with E-state index in [4.69, 9.17) is 4.74 Å². The van der Waals surface area contributed by atoms with E-state index in [1.807, 2.05) is 13.0 Å². The monoisotopic (exact) mass is 368 g/mol. The Labute approximate surface area is 158 Å². The van der Waals surface area contributed by atoms with E-state index < -0.39 is 0 Å². The van der Waals surface area contributed by atoms with Gasteiger partial charge in [0.1, 0.15) is 0 Å². The highest BCUT2D eigenvalue weighted by Crippen LogP contribution is 2.40. The zero-order valence-corrected chi connectivity index (χ0v) is 15.4. The lowest BCUT2D eigenvalue weighted by molar-refractivity contribution is -0.122. The minimum Gasteiger partial charge on any atom is -0.376 e. The second kappa shape index (κ2) is 7.27. The summed E-state index contributed by atoms with van der Waals surface area (Å²) in [5, 5.41) is 2.88. The highest BCUT2D eigenvalue weighted by Gasteiger charge is 2.49. The van der Waals surface area contributed by atoms with Gasteiger partial charge in [0.2, 0.25) is 11.8 Å². The molecule has 1 aliphatic carbocycles. The number of fused-ring (bicyclic) bond motifs is 1. The van der Waals surface area contributed by atoms with E-state index in [9.17, 15) is 14.4 Å². The van der Waals surface area contributed by atoms with Gasteiger partial charge in [-0.2, -0.15) is 0 Å². The molecule has 3 aliphatic rings. The molecule has 6 nitrogen and oxygen atoms in total. The largest absolute Gasteiger partial charge is 0.376 e. The number of amides is 3. The first kappa shape index (κ1) is 17.9. The molecule has 2 fully saturated rings. The summed E-state index contributed by atoms with van der Waals surface area (Å²) < 4.78 is 5.54. The van der Waals surface area contributed by atoms with Gasteiger partial charge in [-0.1, -0.05) is 23.8 Å². The highest BCUT2D eigenvalue weighted by atomic mass is 16.5. The van der Waals surface area contributed by atoms with Gasteiger partial charge in [-0.15, -0.1) is 0 Å². The molecule has 1 N–H and O–H groups in total. The number of imide groups is 1. The van der Waals surface area contributed by atoms with Crippen molar-refractivity contribution in [2.24, 2.45) is 11.8 Å². The lowest BCUT2D eigenvalue weighted by atomic mass is 9.82. The number of ether oxygens (including phenoxy) is 1. The van der Waals surface area contributed by atoms with Gasteiger partial charge < -0.3 is 10.1 Å². The normalized spacial score (nSPS) is 27.5. The molecule has 1 aromatic carbocycles. The van der Waals surface area contributed by atoms with Crippen molar-refractivity contribution < 1.29 is 19.1 Å². The van der Waals surface area contributed by atoms with Crippen LogP contribution in [0.5, 0.6) is 0 Å². The van der Waals surface area contributed by atoms with E-state index in [1.165, 1.54) is 4.90 Å². The van der Waals surface area contributed by atoms with Crippen molar-refractivity contribution in [2.75, 3.05) is 18.1 Å². The van der Waals surface area contributed by atoms with Crippen molar-refractivity contribution >= 4 is 23.4 Å². The summed E-state index contributed by atoms with van der Waals surface area (Å²) in [5.74, 6) is -1.31. The number of para-hydroxylation sites is 1. The molecular formula is C21H24N2O4. The van der Waals surface area contributed by atoms with Gasteiger partial charge in [0, 0.05) is 13.2 Å². The Hall–Kier alpha value is -2.47. The molecule has 142 valence electrons. The fourth-order valence-corrected chi connectivity index (χ4v) is 4.24. The van der Waals surface area contributed by atoms with Gasteiger partial charge >= 0.3 is 0 Å². The molecule has 0 spiro atoms. The summed E-state index contributed by atoms with van der Waals surface area (Å²) in [6, 6.07) is 6.83. The van der Waals surface area contributed by atoms with Gasteiger partial charge in [-0.05, 0) is 44.7 Å². The average Bonchev–Trinajstić information content (AvgIpc) is 3.27. The van der Waals surface area contributed by atoms with Crippen molar-refractivity contribution in [3.05, 3.63) is 41.5 Å². The Kier molecular flexibility index (Phi) is 4.83. The Morgan fingerprint density at radius 3 is 2.78 bits per heavy atom. The Bertz CT molecular complexity index is 810. The third-order valence-electron chi connectivity index (χ3n) is 5.73. The molecule has 6 heteroatoms. The fraction of sp³-hybridized carbons (Fsp3) is 0.476. The molecule has 3 amide bonds. The number of rotatable bonds is 4. The van der Waals surface area contributed by atoms with Crippen LogP contribution in [0.2, 0.25) is 0 Å². The van der Waals surface area contributed by atoms with Crippen LogP contribution < -0.4 is 10.2 Å². The highest BCUT2D eigenvalue weighted by molar-refractivity contribution is 6.24. The molecular weight excluding hydrogens is 344 g/mol. The number of carbonyl (C=O) groups excluding carboxylic acids is 3. The predicted molar refractivity (Wildman–Crippen MR) is 100 cm³/mol. The summed E-state index contributed by atoms with van der Waals surface area (Å²) in [6.07, 6.45) is 5.21. The van der Waals surface area contributed by atoms with E-state index in [2.05, 4.69) is 5.32 Å². The minimum absolute atomic E-state index is 0.0353. The summed E-state index contributed by atoms with van der Waals surface area (Å²) in [6.45, 7) is 3.15. The summed E-state index contributed by atoms with van der Waals surface area (Å²) in [7, 11) is 0. The van der Waals surface area contributed by atoms with Crippen molar-refractivity contribution in [1.29, 1.82) is 0 Å². The zero-order valence-electron chi connectivity index (χ0n) is 15.4. The number of carbonyl (C=O) groups is 3. The third kappa shape index (κ3) is 3.30. The molecule has 2 aliphatic heterocycles. The van der Waals surface area contributed by atoms with Gasteiger partial charge in [-0.3, -0.25) is 14.4 Å². The van der Waals surface area contributed by atoms with Crippen LogP contribution in [0.3, 0.4) is 0 Å². The van der Waals surface area contributed by atoms with Gasteiger partial charge in [0.15, 0.2) is 0 Å². The number of anilines is 1. The molecule has 0 unspecified atom stereocenters. The minimum atomic E-state index is -0.316. The quantitative estimate of drug-likeness (QED) is 0.654. The number of hydrogen-bond donors (Lipinski definition) is 1. The lowest BCUT2D eigenvalue weighted by Gasteiger charge is -2.19. The number of allylic oxidation sites excluding steroid dienone is 2. The maximum Gasteiger partial charge on any atom is 0.253 e. The molecule has 0 aromatic heterocycles. The zero-order chi connectivity index (χ0) is 19.0. The Morgan fingerprint density at radius 1 is 1.22 bits per heavy atom. The van der Waals surface area contributed by atoms with Crippen LogP contribution in [0, 0.1) is 11.8 Å². The summed E-state index contributed by atoms with van der Waals surface area (Å²) in [5.41, 5.74) is 1.87. The maximum absolute atomic E-state index is 13.0. The Balaban J connectivity index is 1.56. The summed E-state index contributed by atoms with van der Waals surface area (Å²) >= 11 is 0. The molecule has 1 aromatic rings. The van der Waals surface area contributed by atoms with E-state index in [0.717, 1.165) is 25.0 Å². The average molecular weight is 368 g/mol. The standard InChI is InChI=1S/C21H24N2O4/c1-13-8-9-15-17(11-13)21(26)23(20(15)25)18-7-3-2-6-16(18)19(24)22-12-14-5-4-10-27-14/h2-3,6-8,14-15,17H,4-5,9-12H2,1H3,(H,22,24)/t14-,15-,17-/m0/s1. The number of nitrogens with one attached hydrogen (secondary N) is 1. The lowest BCUT2D eigenvalue weighted by Crippen LogP contribution is -2.36. The molecule has 2 saturated heterocycles. The fourth-order valence-electron chi connectivity index (χ4n) is 4.24. The Morgan fingerprint density at radius 2 is 2.00 bits per heavy atom. The molecule has 3 atom stereocenters. The first-order chi connectivity index (χ1) is 13.1. The number of benzene rings is 1. The second-order valence-corrected chi connectivity index (χ2v) is 7.58. The maximum atomic E-state index is 13.0. The van der Waals surface area contributed by atoms with E-state index in [-0.39, 0.29) is 35.7 Å². The molecule has 0 radical (unpaired) electrons. The van der Waals surface area contributed by atoms with Crippen LogP contribution in [-0.4, -0.2) is 37.0 Å². The van der Waals surface area contributed by atoms with Gasteiger partial charge in [0.05, 0.1) is 29.2 Å². The van der Waals surface area contributed by atoms with Crippen LogP contribution in [0.4, 0.5) is 5.69 Å². The van der Waals surface area contributed by atoms with E-state index >= 15 is 0 Å². The van der Waals surface area contributed by atoms with Crippen LogP contribution >= 0.6 is 0 Å². The second-order valence-electron chi connectivity index (χ2n) is 7.58. The summed E-state index contributed by atoms with van der Waals surface area (Å²) in [4.78, 5) is 39.8. The molecule has 2 heterocycles. The molecule has 4 rings (SSSR count). The van der Waals surface area contributed by atoms with Crippen LogP contribution in [0.1, 0.15) is 43.0 Å². The molecule has 27 heavy (non-hydrogen) atoms. The van der Waals surface area contributed by atoms with Gasteiger partial charge in [0.25, 0.3) is 5.91 Å². The number of hydrogen-bond acceptors (Lipinski definition) is 4. The van der Waals surface area contributed by atoms with E-state index in [0.29, 0.717) is 30.6 Å². The first-order valence-electron chi connectivity index (χ1n) is 9.58. The molecule has 0 bridgehead atoms. The van der Waals surface area contributed by atoms with Crippen molar-refractivity contribution in [1.82, 2.24) is 5.32 Å². The van der Waals surface area contributed by atoms with Crippen molar-refractivity contribution in [2.45, 2.75) is 38.7 Å². The third-order valence-corrected chi connectivity index (χ3v) is 5.73. The van der Waals surface area contributed by atoms with Gasteiger partial charge in [-0.25, -0.2) is 4.90 Å². The van der Waals surface area contributed by atoms with Crippen molar-refractivity contribution in [3.63, 3.8) is 0 Å². The SMILES string of the molecule is CC1=CC[C@@H]2C(=O)N(c3ccccc3C(=O)NC[C@@H]3CCCO3)C(=O)[C@H]2C1. The first-order valence-corrected chi connectivity index (χ1v) is 9.58. The van der Waals surface area contributed by atoms with Crippen LogP contribution in [0.15, 0.2) is 35.9 Å². The van der Waals surface area contributed by atoms with E-state index in [1.54, 1.807) is 24.3 Å². The smallest absolute Gasteiger partial charge is 0.253 e. The molecule has 0 saturated carbocycles. The van der Waals surface area contributed by atoms with Crippen molar-refractivity contribution in [3.8, 4) is 0 Å². The number of nitrogens with zero attached hydrogens (tertiary/aromatic N) is 1. The van der Waals surface area contributed by atoms with Crippen LogP contribution in [-0.2, 0) is 14.3 Å². The van der Waals surface area contributed by atoms with Crippen LogP contribution in [0.25, 0.3) is 0 Å². The predicted octanol–water partition coefficient (Wildman–Crippen LogP) is 2.44. The topological polar surface area (TPSA) is 75.7 Å².